The fraction of sp³-hybridized carbons (Fsp3) is 0.261. The molecule has 0 fully saturated rings. The first kappa shape index (κ1) is 19.5. The quantitative estimate of drug-likeness (QED) is 0.674. The first-order valence-electron chi connectivity index (χ1n) is 9.22. The zero-order chi connectivity index (χ0) is 20.1. The third-order valence-corrected chi connectivity index (χ3v) is 5.03. The number of aromatic nitrogens is 1. The SMILES string of the molecule is COc1ccc(C[C@H](NC(=O)c2ccc(C)n2C)c2ccc(OC)cc2)cc1. The second-order valence-electron chi connectivity index (χ2n) is 6.77. The van der Waals surface area contributed by atoms with Gasteiger partial charge in [0.1, 0.15) is 17.2 Å². The van der Waals surface area contributed by atoms with Crippen molar-refractivity contribution in [2.24, 2.45) is 7.05 Å². The standard InChI is InChI=1S/C23H26N2O3/c1-16-5-14-22(25(16)2)23(26)24-21(18-8-12-20(28-4)13-9-18)15-17-6-10-19(27-3)11-7-17/h5-14,21H,15H2,1-4H3,(H,24,26)/t21-/m0/s1. The Morgan fingerprint density at radius 3 is 2.00 bits per heavy atom. The number of methoxy groups -OCH3 is 2. The summed E-state index contributed by atoms with van der Waals surface area (Å²) in [5, 5.41) is 3.19. The lowest BCUT2D eigenvalue weighted by molar-refractivity contribution is 0.0928. The van der Waals surface area contributed by atoms with Gasteiger partial charge in [0, 0.05) is 12.7 Å². The van der Waals surface area contributed by atoms with E-state index in [0.29, 0.717) is 12.1 Å². The summed E-state index contributed by atoms with van der Waals surface area (Å²) in [4.78, 5) is 12.9. The number of benzene rings is 2. The van der Waals surface area contributed by atoms with E-state index < -0.39 is 0 Å². The minimum absolute atomic E-state index is 0.0927. The van der Waals surface area contributed by atoms with Crippen LogP contribution in [0.4, 0.5) is 0 Å². The highest BCUT2D eigenvalue weighted by atomic mass is 16.5. The molecule has 0 aliphatic heterocycles. The number of nitrogens with one attached hydrogen (secondary N) is 1. The van der Waals surface area contributed by atoms with Crippen molar-refractivity contribution in [3.63, 3.8) is 0 Å². The summed E-state index contributed by atoms with van der Waals surface area (Å²) in [5.41, 5.74) is 3.83. The second-order valence-corrected chi connectivity index (χ2v) is 6.77. The fourth-order valence-electron chi connectivity index (χ4n) is 3.16. The number of carbonyl (C=O) groups is 1. The molecule has 3 rings (SSSR count). The number of hydrogen-bond donors (Lipinski definition) is 1. The van der Waals surface area contributed by atoms with Crippen molar-refractivity contribution < 1.29 is 14.3 Å². The van der Waals surface area contributed by atoms with Crippen LogP contribution in [0.1, 0.15) is 33.4 Å². The van der Waals surface area contributed by atoms with Crippen LogP contribution in [-0.4, -0.2) is 24.7 Å². The van der Waals surface area contributed by atoms with Crippen LogP contribution in [-0.2, 0) is 13.5 Å². The summed E-state index contributed by atoms with van der Waals surface area (Å²) in [5.74, 6) is 1.51. The number of rotatable bonds is 7. The van der Waals surface area contributed by atoms with E-state index in [-0.39, 0.29) is 11.9 Å². The molecule has 0 bridgehead atoms. The van der Waals surface area contributed by atoms with Crippen molar-refractivity contribution in [3.8, 4) is 11.5 Å². The number of nitrogens with zero attached hydrogens (tertiary/aromatic N) is 1. The Kier molecular flexibility index (Phi) is 6.04. The molecule has 1 aromatic heterocycles. The van der Waals surface area contributed by atoms with Gasteiger partial charge < -0.3 is 19.4 Å². The van der Waals surface area contributed by atoms with E-state index in [2.05, 4.69) is 5.32 Å². The van der Waals surface area contributed by atoms with Gasteiger partial charge in [-0.25, -0.2) is 0 Å². The van der Waals surface area contributed by atoms with E-state index in [1.165, 1.54) is 0 Å². The first-order chi connectivity index (χ1) is 13.5. The minimum Gasteiger partial charge on any atom is -0.497 e. The molecule has 0 saturated carbocycles. The van der Waals surface area contributed by atoms with Crippen LogP contribution in [0.25, 0.3) is 0 Å². The lowest BCUT2D eigenvalue weighted by Gasteiger charge is -2.20. The molecule has 1 heterocycles. The van der Waals surface area contributed by atoms with Crippen molar-refractivity contribution >= 4 is 5.91 Å². The molecule has 0 aliphatic rings. The normalized spacial score (nSPS) is 11.7. The summed E-state index contributed by atoms with van der Waals surface area (Å²) < 4.78 is 12.4. The molecule has 0 saturated heterocycles. The lowest BCUT2D eigenvalue weighted by atomic mass is 9.98. The average molecular weight is 378 g/mol. The average Bonchev–Trinajstić information content (AvgIpc) is 3.06. The highest BCUT2D eigenvalue weighted by molar-refractivity contribution is 5.93. The van der Waals surface area contributed by atoms with Crippen molar-refractivity contribution in [1.82, 2.24) is 9.88 Å². The maximum atomic E-state index is 12.9. The van der Waals surface area contributed by atoms with Gasteiger partial charge in [0.2, 0.25) is 0 Å². The Hall–Kier alpha value is -3.21. The molecule has 1 atom stereocenters. The Morgan fingerprint density at radius 2 is 1.50 bits per heavy atom. The highest BCUT2D eigenvalue weighted by Gasteiger charge is 2.19. The molecule has 146 valence electrons. The van der Waals surface area contributed by atoms with E-state index in [0.717, 1.165) is 28.3 Å². The highest BCUT2D eigenvalue weighted by Crippen LogP contribution is 2.23. The van der Waals surface area contributed by atoms with Gasteiger partial charge in [-0.05, 0) is 60.9 Å². The van der Waals surface area contributed by atoms with Crippen molar-refractivity contribution in [2.75, 3.05) is 14.2 Å². The predicted octanol–water partition coefficient (Wildman–Crippen LogP) is 4.06. The number of ether oxygens (including phenoxy) is 2. The zero-order valence-corrected chi connectivity index (χ0v) is 16.7. The maximum absolute atomic E-state index is 12.9. The van der Waals surface area contributed by atoms with Crippen LogP contribution in [0.2, 0.25) is 0 Å². The number of amides is 1. The van der Waals surface area contributed by atoms with Crippen LogP contribution in [0, 0.1) is 6.92 Å². The number of hydrogen-bond acceptors (Lipinski definition) is 3. The summed E-state index contributed by atoms with van der Waals surface area (Å²) in [6.45, 7) is 1.98. The maximum Gasteiger partial charge on any atom is 0.268 e. The molecule has 2 aromatic carbocycles. The monoisotopic (exact) mass is 378 g/mol. The first-order valence-corrected chi connectivity index (χ1v) is 9.22. The largest absolute Gasteiger partial charge is 0.497 e. The van der Waals surface area contributed by atoms with Gasteiger partial charge in [-0.3, -0.25) is 4.79 Å². The molecule has 1 amide bonds. The summed E-state index contributed by atoms with van der Waals surface area (Å²) in [7, 11) is 5.19. The Bertz CT molecular complexity index is 927. The van der Waals surface area contributed by atoms with Gasteiger partial charge in [0.05, 0.1) is 20.3 Å². The fourth-order valence-corrected chi connectivity index (χ4v) is 3.16. The Labute approximate surface area is 165 Å². The van der Waals surface area contributed by atoms with Gasteiger partial charge in [-0.2, -0.15) is 0 Å². The smallest absolute Gasteiger partial charge is 0.268 e. The molecule has 0 spiro atoms. The Balaban J connectivity index is 1.86. The molecule has 0 unspecified atom stereocenters. The lowest BCUT2D eigenvalue weighted by Crippen LogP contribution is -2.31. The van der Waals surface area contributed by atoms with E-state index in [4.69, 9.17) is 9.47 Å². The predicted molar refractivity (Wildman–Crippen MR) is 110 cm³/mol. The van der Waals surface area contributed by atoms with E-state index in [1.807, 2.05) is 79.2 Å². The molecule has 28 heavy (non-hydrogen) atoms. The van der Waals surface area contributed by atoms with Gasteiger partial charge in [-0.15, -0.1) is 0 Å². The molecular formula is C23H26N2O3. The van der Waals surface area contributed by atoms with E-state index in [9.17, 15) is 4.79 Å². The van der Waals surface area contributed by atoms with Crippen molar-refractivity contribution in [2.45, 2.75) is 19.4 Å². The molecule has 0 aliphatic carbocycles. The minimum atomic E-state index is -0.165. The second kappa shape index (κ2) is 8.65. The third kappa shape index (κ3) is 4.36. The van der Waals surface area contributed by atoms with E-state index >= 15 is 0 Å². The number of aryl methyl sites for hydroxylation is 1. The molecule has 1 N–H and O–H groups in total. The van der Waals surface area contributed by atoms with Gasteiger partial charge in [0.15, 0.2) is 0 Å². The van der Waals surface area contributed by atoms with Gasteiger partial charge in [0.25, 0.3) is 5.91 Å². The van der Waals surface area contributed by atoms with Crippen molar-refractivity contribution in [1.29, 1.82) is 0 Å². The zero-order valence-electron chi connectivity index (χ0n) is 16.7. The van der Waals surface area contributed by atoms with Crippen molar-refractivity contribution in [3.05, 3.63) is 83.2 Å². The van der Waals surface area contributed by atoms with Crippen LogP contribution in [0.3, 0.4) is 0 Å². The summed E-state index contributed by atoms with van der Waals surface area (Å²) in [6, 6.07) is 19.3. The Morgan fingerprint density at radius 1 is 0.929 bits per heavy atom. The third-order valence-electron chi connectivity index (χ3n) is 5.03. The van der Waals surface area contributed by atoms with Crippen LogP contribution in [0.5, 0.6) is 11.5 Å². The molecule has 3 aromatic rings. The summed E-state index contributed by atoms with van der Waals surface area (Å²) in [6.07, 6.45) is 0.672. The molecule has 0 radical (unpaired) electrons. The van der Waals surface area contributed by atoms with Crippen LogP contribution in [0.15, 0.2) is 60.7 Å². The summed E-state index contributed by atoms with van der Waals surface area (Å²) >= 11 is 0. The topological polar surface area (TPSA) is 52.5 Å². The van der Waals surface area contributed by atoms with E-state index in [1.54, 1.807) is 14.2 Å². The molecule has 5 nitrogen and oxygen atoms in total. The van der Waals surface area contributed by atoms with Gasteiger partial charge >= 0.3 is 0 Å². The number of carbonyl (C=O) groups excluding carboxylic acids is 1. The van der Waals surface area contributed by atoms with Crippen LogP contribution < -0.4 is 14.8 Å². The molecule has 5 heteroatoms. The van der Waals surface area contributed by atoms with Gasteiger partial charge in [-0.1, -0.05) is 24.3 Å². The molecular weight excluding hydrogens is 352 g/mol. The van der Waals surface area contributed by atoms with Crippen LogP contribution >= 0.6 is 0 Å².